The second-order valence-corrected chi connectivity index (χ2v) is 7.79. The molecule has 4 aromatic rings. The van der Waals surface area contributed by atoms with E-state index in [9.17, 15) is 0 Å². The van der Waals surface area contributed by atoms with Crippen LogP contribution in [0.4, 0.5) is 22.7 Å². The van der Waals surface area contributed by atoms with Gasteiger partial charge in [-0.1, -0.05) is 72.8 Å². The zero-order valence-corrected chi connectivity index (χ0v) is 15.7. The molecule has 6 rings (SSSR count). The molecule has 0 radical (unpaired) electrons. The van der Waals surface area contributed by atoms with Crippen LogP contribution in [0.1, 0.15) is 22.3 Å². The summed E-state index contributed by atoms with van der Waals surface area (Å²) in [7, 11) is 0. The molecule has 2 aliphatic rings. The fourth-order valence-electron chi connectivity index (χ4n) is 5.46. The first-order valence-corrected chi connectivity index (χ1v) is 9.64. The summed E-state index contributed by atoms with van der Waals surface area (Å²) in [6.45, 7) is 0. The summed E-state index contributed by atoms with van der Waals surface area (Å²) in [4.78, 5) is 0. The van der Waals surface area contributed by atoms with E-state index in [-0.39, 0.29) is 0 Å². The van der Waals surface area contributed by atoms with Gasteiger partial charge in [0, 0.05) is 11.1 Å². The number of benzene rings is 4. The molecule has 0 atom stereocenters. The van der Waals surface area contributed by atoms with Gasteiger partial charge in [0.1, 0.15) is 0 Å². The lowest BCUT2D eigenvalue weighted by molar-refractivity contribution is 0.797. The van der Waals surface area contributed by atoms with Crippen LogP contribution in [-0.2, 0) is 5.41 Å². The van der Waals surface area contributed by atoms with Gasteiger partial charge >= 0.3 is 0 Å². The maximum Gasteiger partial charge on any atom is 0.0809 e. The fraction of sp³-hybridized carbons (Fsp3) is 0.0400. The Hall–Kier alpha value is -3.92. The van der Waals surface area contributed by atoms with E-state index in [2.05, 4.69) is 66.7 Å². The molecule has 0 aromatic heterocycles. The smallest absolute Gasteiger partial charge is 0.0809 e. The van der Waals surface area contributed by atoms with Gasteiger partial charge in [0.15, 0.2) is 0 Å². The predicted molar refractivity (Wildman–Crippen MR) is 120 cm³/mol. The first-order chi connectivity index (χ1) is 14.1. The van der Waals surface area contributed by atoms with E-state index in [0.717, 1.165) is 22.3 Å². The van der Waals surface area contributed by atoms with E-state index in [1.54, 1.807) is 0 Å². The molecule has 2 aliphatic carbocycles. The minimum Gasteiger partial charge on any atom is -0.397 e. The monoisotopic (exact) mass is 376 g/mol. The highest BCUT2D eigenvalue weighted by atomic mass is 14.8. The number of rotatable bonds is 0. The Morgan fingerprint density at radius 1 is 0.448 bits per heavy atom. The van der Waals surface area contributed by atoms with Crippen molar-refractivity contribution in [3.8, 4) is 22.3 Å². The molecule has 0 unspecified atom stereocenters. The summed E-state index contributed by atoms with van der Waals surface area (Å²) < 4.78 is 0. The van der Waals surface area contributed by atoms with Crippen molar-refractivity contribution in [1.29, 1.82) is 0 Å². The second-order valence-electron chi connectivity index (χ2n) is 7.79. The normalized spacial score (nSPS) is 14.3. The Morgan fingerprint density at radius 2 is 0.862 bits per heavy atom. The molecular weight excluding hydrogens is 356 g/mol. The molecule has 140 valence electrons. The topological polar surface area (TPSA) is 104 Å². The summed E-state index contributed by atoms with van der Waals surface area (Å²) in [5.41, 5.74) is 35.9. The first kappa shape index (κ1) is 16.1. The molecule has 0 bridgehead atoms. The molecule has 29 heavy (non-hydrogen) atoms. The van der Waals surface area contributed by atoms with Gasteiger partial charge in [-0.05, 0) is 33.4 Å². The van der Waals surface area contributed by atoms with Gasteiger partial charge < -0.3 is 22.9 Å². The summed E-state index contributed by atoms with van der Waals surface area (Å²) >= 11 is 0. The molecule has 0 saturated carbocycles. The maximum absolute atomic E-state index is 6.69. The van der Waals surface area contributed by atoms with Crippen LogP contribution in [0.3, 0.4) is 0 Å². The van der Waals surface area contributed by atoms with Crippen LogP contribution in [0.5, 0.6) is 0 Å². The van der Waals surface area contributed by atoms with Crippen molar-refractivity contribution in [2.45, 2.75) is 5.41 Å². The van der Waals surface area contributed by atoms with E-state index in [1.165, 1.54) is 22.3 Å². The molecule has 8 N–H and O–H groups in total. The molecule has 0 saturated heterocycles. The van der Waals surface area contributed by atoms with Gasteiger partial charge in [-0.25, -0.2) is 0 Å². The second kappa shape index (κ2) is 5.11. The average molecular weight is 376 g/mol. The standard InChI is InChI=1S/C25H20N4/c26-21-19-15-9-3-6-12-18(15)25(20(19)22(27)24(29)23(21)28)16-10-4-1-7-13(16)14-8-2-5-11-17(14)25/h1-12H,26-29H2. The molecule has 4 heteroatoms. The van der Waals surface area contributed by atoms with Crippen LogP contribution in [0.15, 0.2) is 72.8 Å². The van der Waals surface area contributed by atoms with Gasteiger partial charge in [-0.3, -0.25) is 0 Å². The van der Waals surface area contributed by atoms with E-state index in [0.29, 0.717) is 22.7 Å². The lowest BCUT2D eigenvalue weighted by atomic mass is 9.70. The van der Waals surface area contributed by atoms with Crippen molar-refractivity contribution in [1.82, 2.24) is 0 Å². The van der Waals surface area contributed by atoms with Gasteiger partial charge in [0.25, 0.3) is 0 Å². The van der Waals surface area contributed by atoms with Crippen LogP contribution in [-0.4, -0.2) is 0 Å². The SMILES string of the molecule is Nc1c(N)c(N)c2c(c1N)-c1ccccc1C21c2ccccc2-c2ccccc21. The zero-order chi connectivity index (χ0) is 19.9. The molecule has 0 aliphatic heterocycles. The number of hydrogen-bond acceptors (Lipinski definition) is 4. The average Bonchev–Trinajstić information content (AvgIpc) is 3.24. The highest BCUT2D eigenvalue weighted by Gasteiger charge is 2.53. The molecule has 4 nitrogen and oxygen atoms in total. The third-order valence-electron chi connectivity index (χ3n) is 6.59. The summed E-state index contributed by atoms with van der Waals surface area (Å²) in [5.74, 6) is 0. The molecule has 4 aromatic carbocycles. The molecule has 0 fully saturated rings. The third kappa shape index (κ3) is 1.62. The van der Waals surface area contributed by atoms with Crippen molar-refractivity contribution >= 4 is 22.7 Å². The first-order valence-electron chi connectivity index (χ1n) is 9.64. The number of anilines is 4. The van der Waals surface area contributed by atoms with Crippen molar-refractivity contribution < 1.29 is 0 Å². The third-order valence-corrected chi connectivity index (χ3v) is 6.59. The zero-order valence-electron chi connectivity index (χ0n) is 15.7. The quantitative estimate of drug-likeness (QED) is 0.296. The molecular formula is C25H20N4. The number of fused-ring (bicyclic) bond motifs is 10. The number of hydrogen-bond donors (Lipinski definition) is 4. The van der Waals surface area contributed by atoms with E-state index in [4.69, 9.17) is 22.9 Å². The fourth-order valence-corrected chi connectivity index (χ4v) is 5.46. The maximum atomic E-state index is 6.69. The van der Waals surface area contributed by atoms with E-state index in [1.807, 2.05) is 6.07 Å². The highest BCUT2D eigenvalue weighted by Crippen LogP contribution is 2.66. The highest BCUT2D eigenvalue weighted by molar-refractivity contribution is 6.07. The minimum absolute atomic E-state index is 0.354. The van der Waals surface area contributed by atoms with Gasteiger partial charge in [-0.2, -0.15) is 0 Å². The van der Waals surface area contributed by atoms with Gasteiger partial charge in [-0.15, -0.1) is 0 Å². The largest absolute Gasteiger partial charge is 0.397 e. The predicted octanol–water partition coefficient (Wildman–Crippen LogP) is 4.36. The minimum atomic E-state index is -0.556. The Bertz CT molecular complexity index is 1310. The van der Waals surface area contributed by atoms with Gasteiger partial charge in [0.2, 0.25) is 0 Å². The summed E-state index contributed by atoms with van der Waals surface area (Å²) in [6.07, 6.45) is 0. The lowest BCUT2D eigenvalue weighted by Crippen LogP contribution is -2.27. The Balaban J connectivity index is 1.92. The number of nitrogens with two attached hydrogens (primary N) is 4. The van der Waals surface area contributed by atoms with Crippen molar-refractivity contribution in [3.05, 3.63) is 95.1 Å². The van der Waals surface area contributed by atoms with E-state index >= 15 is 0 Å². The van der Waals surface area contributed by atoms with Crippen molar-refractivity contribution in [3.63, 3.8) is 0 Å². The molecule has 0 amide bonds. The molecule has 0 heterocycles. The van der Waals surface area contributed by atoms with Crippen LogP contribution in [0, 0.1) is 0 Å². The molecule has 1 spiro atoms. The summed E-state index contributed by atoms with van der Waals surface area (Å²) in [5, 5.41) is 0. The summed E-state index contributed by atoms with van der Waals surface area (Å²) in [6, 6.07) is 25.4. The Kier molecular flexibility index (Phi) is 2.83. The Labute approximate surface area is 168 Å². The number of nitrogen functional groups attached to an aromatic ring is 4. The van der Waals surface area contributed by atoms with Crippen LogP contribution in [0.25, 0.3) is 22.3 Å². The van der Waals surface area contributed by atoms with Crippen LogP contribution < -0.4 is 22.9 Å². The van der Waals surface area contributed by atoms with Crippen molar-refractivity contribution in [2.75, 3.05) is 22.9 Å². The van der Waals surface area contributed by atoms with Gasteiger partial charge in [0.05, 0.1) is 28.2 Å². The Morgan fingerprint density at radius 3 is 1.41 bits per heavy atom. The van der Waals surface area contributed by atoms with Crippen LogP contribution >= 0.6 is 0 Å². The van der Waals surface area contributed by atoms with Crippen molar-refractivity contribution in [2.24, 2.45) is 0 Å². The van der Waals surface area contributed by atoms with E-state index < -0.39 is 5.41 Å². The van der Waals surface area contributed by atoms with Crippen LogP contribution in [0.2, 0.25) is 0 Å². The lowest BCUT2D eigenvalue weighted by Gasteiger charge is -2.32.